The maximum absolute atomic E-state index is 13.2. The number of hydrogen-bond donors (Lipinski definition) is 0. The zero-order valence-electron chi connectivity index (χ0n) is 15.6. The Balaban J connectivity index is 2.30. The molecule has 0 heterocycles. The lowest BCUT2D eigenvalue weighted by atomic mass is 9.95. The first kappa shape index (κ1) is 22.7. The molecule has 0 aliphatic rings. The van der Waals surface area contributed by atoms with Crippen LogP contribution in [0.25, 0.3) is 10.8 Å². The van der Waals surface area contributed by atoms with E-state index in [9.17, 15) is 35.9 Å². The molecule has 3 nitrogen and oxygen atoms in total. The second-order valence-corrected chi connectivity index (χ2v) is 7.36. The van der Waals surface area contributed by atoms with Crippen LogP contribution in [0.1, 0.15) is 20.7 Å². The highest BCUT2D eigenvalue weighted by molar-refractivity contribution is 7.99. The molecule has 0 aliphatic heterocycles. The predicted molar refractivity (Wildman–Crippen MR) is 102 cm³/mol. The van der Waals surface area contributed by atoms with Gasteiger partial charge in [-0.1, -0.05) is 36.0 Å². The molecule has 0 saturated heterocycles. The van der Waals surface area contributed by atoms with Crippen molar-refractivity contribution in [2.24, 2.45) is 0 Å². The van der Waals surface area contributed by atoms with Crippen molar-refractivity contribution in [3.8, 4) is 5.75 Å². The van der Waals surface area contributed by atoms with Gasteiger partial charge in [-0.25, -0.2) is 0 Å². The van der Waals surface area contributed by atoms with Gasteiger partial charge in [-0.3, -0.25) is 9.59 Å². The summed E-state index contributed by atoms with van der Waals surface area (Å²) in [5.41, 5.74) is -2.05. The molecule has 0 saturated carbocycles. The fraction of sp³-hybridized carbons (Fsp3) is 0.143. The first-order valence-corrected chi connectivity index (χ1v) is 9.36. The minimum absolute atomic E-state index is 0.0778. The number of ether oxygens (including phenoxy) is 1. The summed E-state index contributed by atoms with van der Waals surface area (Å²) in [4.78, 5) is 24.2. The Bertz CT molecular complexity index is 1150. The Morgan fingerprint density at radius 2 is 1.29 bits per heavy atom. The molecule has 0 radical (unpaired) electrons. The molecule has 0 aromatic heterocycles. The van der Waals surface area contributed by atoms with E-state index in [4.69, 9.17) is 4.74 Å². The van der Waals surface area contributed by atoms with E-state index < -0.39 is 35.0 Å². The minimum atomic E-state index is -5.35. The summed E-state index contributed by atoms with van der Waals surface area (Å²) < 4.78 is 83.9. The first-order chi connectivity index (χ1) is 14.4. The van der Waals surface area contributed by atoms with Crippen LogP contribution in [0.2, 0.25) is 0 Å². The Morgan fingerprint density at radius 3 is 1.81 bits per heavy atom. The monoisotopic (exact) mass is 458 g/mol. The van der Waals surface area contributed by atoms with Gasteiger partial charge in [0.25, 0.3) is 11.6 Å². The normalized spacial score (nSPS) is 12.1. The summed E-state index contributed by atoms with van der Waals surface area (Å²) in [6.45, 7) is 0. The summed E-state index contributed by atoms with van der Waals surface area (Å²) in [6, 6.07) is 11.7. The van der Waals surface area contributed by atoms with Crippen molar-refractivity contribution in [1.82, 2.24) is 0 Å². The van der Waals surface area contributed by atoms with E-state index in [0.717, 1.165) is 11.8 Å². The second-order valence-electron chi connectivity index (χ2n) is 6.28. The van der Waals surface area contributed by atoms with E-state index >= 15 is 0 Å². The molecule has 162 valence electrons. The van der Waals surface area contributed by atoms with Crippen LogP contribution in [-0.2, 0) is 0 Å². The predicted octanol–water partition coefficient (Wildman–Crippen LogP) is 6.49. The number of halogens is 6. The fourth-order valence-corrected chi connectivity index (χ4v) is 3.94. The van der Waals surface area contributed by atoms with Gasteiger partial charge in [0.1, 0.15) is 5.75 Å². The van der Waals surface area contributed by atoms with Gasteiger partial charge in [0.15, 0.2) is 0 Å². The van der Waals surface area contributed by atoms with Gasteiger partial charge in [0, 0.05) is 20.9 Å². The van der Waals surface area contributed by atoms with Gasteiger partial charge in [-0.2, -0.15) is 26.3 Å². The Hall–Kier alpha value is -3.01. The zero-order valence-corrected chi connectivity index (χ0v) is 16.4. The van der Waals surface area contributed by atoms with Crippen LogP contribution in [0.3, 0.4) is 0 Å². The molecule has 0 aliphatic carbocycles. The van der Waals surface area contributed by atoms with Crippen molar-refractivity contribution >= 4 is 34.1 Å². The van der Waals surface area contributed by atoms with Gasteiger partial charge in [0.05, 0.1) is 7.11 Å². The van der Waals surface area contributed by atoms with Crippen LogP contribution in [0, 0.1) is 0 Å². The number of ketones is 2. The van der Waals surface area contributed by atoms with Crippen LogP contribution in [0.15, 0.2) is 64.4 Å². The van der Waals surface area contributed by atoms with Crippen LogP contribution >= 0.6 is 11.8 Å². The molecule has 0 bridgehead atoms. The van der Waals surface area contributed by atoms with E-state index in [1.165, 1.54) is 55.6 Å². The van der Waals surface area contributed by atoms with E-state index in [2.05, 4.69) is 0 Å². The van der Waals surface area contributed by atoms with Crippen molar-refractivity contribution in [3.05, 3.63) is 65.7 Å². The highest BCUT2D eigenvalue weighted by Gasteiger charge is 2.44. The maximum atomic E-state index is 13.2. The van der Waals surface area contributed by atoms with Gasteiger partial charge in [-0.15, -0.1) is 0 Å². The summed E-state index contributed by atoms with van der Waals surface area (Å²) >= 11 is 0.766. The molecular formula is C21H12F6O3S. The third-order valence-corrected chi connectivity index (χ3v) is 5.43. The number of hydrogen-bond acceptors (Lipinski definition) is 4. The molecule has 3 aromatic rings. The smallest absolute Gasteiger partial charge is 0.454 e. The number of fused-ring (bicyclic) bond motifs is 1. The minimum Gasteiger partial charge on any atom is -0.497 e. The maximum Gasteiger partial charge on any atom is 0.454 e. The highest BCUT2D eigenvalue weighted by atomic mass is 32.2. The van der Waals surface area contributed by atoms with Crippen molar-refractivity contribution < 1.29 is 40.7 Å². The second kappa shape index (κ2) is 8.26. The van der Waals surface area contributed by atoms with Gasteiger partial charge >= 0.3 is 12.4 Å². The number of carbonyl (C=O) groups excluding carboxylic acids is 2. The lowest BCUT2D eigenvalue weighted by Crippen LogP contribution is -2.26. The number of rotatable bonds is 5. The third-order valence-electron chi connectivity index (χ3n) is 4.28. The lowest BCUT2D eigenvalue weighted by Gasteiger charge is -2.17. The van der Waals surface area contributed by atoms with Crippen LogP contribution in [-0.4, -0.2) is 31.0 Å². The van der Waals surface area contributed by atoms with Crippen molar-refractivity contribution in [1.29, 1.82) is 0 Å². The number of carbonyl (C=O) groups is 2. The number of methoxy groups -OCH3 is 1. The number of Topliss-reactive ketones (excluding diaryl/α,β-unsaturated/α-hetero) is 2. The first-order valence-electron chi connectivity index (χ1n) is 8.54. The Labute approximate surface area is 176 Å². The SMILES string of the molecule is COc1ccc(Sc2c(C(=O)C(F)(F)F)cc(C(=O)C(F)(F)F)c3ccccc23)cc1. The summed E-state index contributed by atoms with van der Waals surface area (Å²) in [6.07, 6.45) is -10.7. The van der Waals surface area contributed by atoms with Crippen molar-refractivity contribution in [3.63, 3.8) is 0 Å². The van der Waals surface area contributed by atoms with Crippen LogP contribution in [0.4, 0.5) is 26.3 Å². The van der Waals surface area contributed by atoms with E-state index in [-0.39, 0.29) is 15.7 Å². The van der Waals surface area contributed by atoms with E-state index in [1.54, 1.807) is 0 Å². The molecule has 0 unspecified atom stereocenters. The van der Waals surface area contributed by atoms with Gasteiger partial charge < -0.3 is 4.74 Å². The molecule has 0 spiro atoms. The van der Waals surface area contributed by atoms with E-state index in [1.807, 2.05) is 0 Å². The summed E-state index contributed by atoms with van der Waals surface area (Å²) in [7, 11) is 1.42. The molecule has 3 aromatic carbocycles. The van der Waals surface area contributed by atoms with E-state index in [0.29, 0.717) is 16.7 Å². The van der Waals surface area contributed by atoms with Gasteiger partial charge in [-0.05, 0) is 41.1 Å². The topological polar surface area (TPSA) is 43.4 Å². The average Bonchev–Trinajstić information content (AvgIpc) is 2.72. The zero-order chi connectivity index (χ0) is 23.0. The largest absolute Gasteiger partial charge is 0.497 e. The lowest BCUT2D eigenvalue weighted by molar-refractivity contribution is -0.0888. The average molecular weight is 458 g/mol. The molecule has 0 N–H and O–H groups in total. The van der Waals surface area contributed by atoms with Crippen molar-refractivity contribution in [2.45, 2.75) is 22.1 Å². The standard InChI is InChI=1S/C21H12F6O3S/c1-30-11-6-8-12(9-7-11)31-17-14-5-3-2-4-13(14)15(18(28)20(22,23)24)10-16(17)19(29)21(25,26)27/h2-10H,1H3. The highest BCUT2D eigenvalue weighted by Crippen LogP contribution is 2.41. The fourth-order valence-electron chi connectivity index (χ4n) is 2.88. The molecule has 0 fully saturated rings. The van der Waals surface area contributed by atoms with Crippen LogP contribution in [0.5, 0.6) is 5.75 Å². The molecule has 10 heteroatoms. The number of benzene rings is 3. The van der Waals surface area contributed by atoms with Crippen molar-refractivity contribution in [2.75, 3.05) is 7.11 Å². The molecule has 0 amide bonds. The molecule has 31 heavy (non-hydrogen) atoms. The molecular weight excluding hydrogens is 446 g/mol. The third kappa shape index (κ3) is 4.68. The molecule has 3 rings (SSSR count). The Morgan fingerprint density at radius 1 is 0.774 bits per heavy atom. The number of alkyl halides is 6. The summed E-state index contributed by atoms with van der Waals surface area (Å²) in [5.74, 6) is -4.20. The van der Waals surface area contributed by atoms with Gasteiger partial charge in [0.2, 0.25) is 0 Å². The summed E-state index contributed by atoms with van der Waals surface area (Å²) in [5, 5.41) is -0.287. The van der Waals surface area contributed by atoms with Crippen LogP contribution < -0.4 is 4.74 Å². The quantitative estimate of drug-likeness (QED) is 0.324. The molecule has 0 atom stereocenters. The Kier molecular flexibility index (Phi) is 6.04.